The van der Waals surface area contributed by atoms with Gasteiger partial charge in [0.2, 0.25) is 0 Å². The predicted molar refractivity (Wildman–Crippen MR) is 75.1 cm³/mol. The molecule has 1 aromatic heterocycles. The molecule has 0 amide bonds. The minimum Gasteiger partial charge on any atom is -0.310 e. The normalized spacial score (nSPS) is 20.2. The third-order valence-corrected chi connectivity index (χ3v) is 4.73. The summed E-state index contributed by atoms with van der Waals surface area (Å²) in [6.07, 6.45) is 9.34. The van der Waals surface area contributed by atoms with Crippen LogP contribution in [0, 0.1) is 0 Å². The van der Waals surface area contributed by atoms with Crippen molar-refractivity contribution in [3.63, 3.8) is 0 Å². The summed E-state index contributed by atoms with van der Waals surface area (Å²) in [4.78, 5) is 1.57. The summed E-state index contributed by atoms with van der Waals surface area (Å²) < 4.78 is 1.28. The largest absolute Gasteiger partial charge is 0.310 e. The minimum atomic E-state index is 0.580. The predicted octanol–water partition coefficient (Wildman–Crippen LogP) is 4.44. The second-order valence-corrected chi connectivity index (χ2v) is 6.70. The number of rotatable bonds is 4. The van der Waals surface area contributed by atoms with Gasteiger partial charge in [-0.05, 0) is 66.7 Å². The van der Waals surface area contributed by atoms with Crippen LogP contribution in [0.15, 0.2) is 22.0 Å². The second-order valence-electron chi connectivity index (χ2n) is 4.19. The third-order valence-electron chi connectivity index (χ3n) is 3.02. The van der Waals surface area contributed by atoms with E-state index < -0.39 is 0 Å². The molecule has 3 heteroatoms. The van der Waals surface area contributed by atoms with E-state index in [1.165, 1.54) is 28.6 Å². The fourth-order valence-electron chi connectivity index (χ4n) is 2.24. The molecule has 0 saturated carbocycles. The molecular formula is C13H18BrNS. The number of aryl methyl sites for hydroxylation is 1. The highest BCUT2D eigenvalue weighted by molar-refractivity contribution is 9.11. The first-order chi connectivity index (χ1) is 7.81. The molecule has 0 aromatic carbocycles. The number of allylic oxidation sites excluding steroid dienone is 1. The molecule has 1 nitrogen and oxygen atoms in total. The van der Waals surface area contributed by atoms with Crippen molar-refractivity contribution in [3.8, 4) is 0 Å². The molecule has 1 aliphatic rings. The zero-order valence-corrected chi connectivity index (χ0v) is 12.0. The Bertz CT molecular complexity index is 370. The number of nitrogens with one attached hydrogen (secondary N) is 1. The highest BCUT2D eigenvalue weighted by Gasteiger charge is 2.21. The molecule has 1 aromatic rings. The van der Waals surface area contributed by atoms with Gasteiger partial charge in [-0.25, -0.2) is 0 Å². The van der Waals surface area contributed by atoms with Crippen LogP contribution in [0.5, 0.6) is 0 Å². The van der Waals surface area contributed by atoms with Crippen LogP contribution in [0.25, 0.3) is 0 Å². The van der Waals surface area contributed by atoms with Crippen LogP contribution in [0.2, 0.25) is 0 Å². The van der Waals surface area contributed by atoms with Crippen LogP contribution >= 0.6 is 27.3 Å². The van der Waals surface area contributed by atoms with Gasteiger partial charge in [0.1, 0.15) is 0 Å². The molecule has 0 spiro atoms. The average Bonchev–Trinajstić information content (AvgIpc) is 2.65. The van der Waals surface area contributed by atoms with Crippen LogP contribution < -0.4 is 5.32 Å². The van der Waals surface area contributed by atoms with E-state index in [-0.39, 0.29) is 0 Å². The monoisotopic (exact) mass is 299 g/mol. The zero-order valence-electron chi connectivity index (χ0n) is 9.63. The number of fused-ring (bicyclic) bond motifs is 1. The molecule has 88 valence electrons. The number of halogens is 1. The highest BCUT2D eigenvalue weighted by Crippen LogP contribution is 2.37. The Morgan fingerprint density at radius 2 is 2.50 bits per heavy atom. The first-order valence-corrected chi connectivity index (χ1v) is 7.55. The van der Waals surface area contributed by atoms with Crippen LogP contribution in [-0.2, 0) is 6.42 Å². The van der Waals surface area contributed by atoms with Crippen LogP contribution in [0.1, 0.15) is 42.7 Å². The van der Waals surface area contributed by atoms with Gasteiger partial charge in [-0.2, -0.15) is 0 Å². The first kappa shape index (κ1) is 12.3. The van der Waals surface area contributed by atoms with Crippen molar-refractivity contribution in [2.75, 3.05) is 6.54 Å². The number of hydrogen-bond acceptors (Lipinski definition) is 2. The fraction of sp³-hybridized carbons (Fsp3) is 0.538. The van der Waals surface area contributed by atoms with Gasteiger partial charge in [0.05, 0.1) is 3.79 Å². The molecule has 1 unspecified atom stereocenters. The summed E-state index contributed by atoms with van der Waals surface area (Å²) >= 11 is 5.49. The number of hydrogen-bond donors (Lipinski definition) is 1. The lowest BCUT2D eigenvalue weighted by molar-refractivity contribution is 0.468. The van der Waals surface area contributed by atoms with Gasteiger partial charge in [0, 0.05) is 10.9 Å². The Labute approximate surface area is 110 Å². The summed E-state index contributed by atoms with van der Waals surface area (Å²) in [5.41, 5.74) is 1.53. The Kier molecular flexibility index (Phi) is 4.62. The molecule has 1 atom stereocenters. The maximum Gasteiger partial charge on any atom is 0.0704 e. The molecule has 0 fully saturated rings. The van der Waals surface area contributed by atoms with Crippen molar-refractivity contribution < 1.29 is 0 Å². The Morgan fingerprint density at radius 3 is 3.31 bits per heavy atom. The molecule has 0 aliphatic heterocycles. The fourth-order valence-corrected chi connectivity index (χ4v) is 4.06. The highest BCUT2D eigenvalue weighted by atomic mass is 79.9. The zero-order chi connectivity index (χ0) is 11.4. The Morgan fingerprint density at radius 1 is 1.62 bits per heavy atom. The topological polar surface area (TPSA) is 12.0 Å². The van der Waals surface area contributed by atoms with Crippen molar-refractivity contribution in [2.24, 2.45) is 0 Å². The van der Waals surface area contributed by atoms with Crippen molar-refractivity contribution in [1.82, 2.24) is 5.32 Å². The van der Waals surface area contributed by atoms with E-state index in [9.17, 15) is 0 Å². The van der Waals surface area contributed by atoms with E-state index in [0.29, 0.717) is 6.04 Å². The summed E-state index contributed by atoms with van der Waals surface area (Å²) in [6.45, 7) is 3.16. The van der Waals surface area contributed by atoms with Gasteiger partial charge >= 0.3 is 0 Å². The lowest BCUT2D eigenvalue weighted by atomic mass is 9.94. The van der Waals surface area contributed by atoms with E-state index in [2.05, 4.69) is 46.4 Å². The first-order valence-electron chi connectivity index (χ1n) is 5.94. The van der Waals surface area contributed by atoms with Crippen LogP contribution in [-0.4, -0.2) is 6.54 Å². The van der Waals surface area contributed by atoms with Crippen molar-refractivity contribution in [2.45, 2.75) is 38.6 Å². The lowest BCUT2D eigenvalue weighted by Crippen LogP contribution is -2.24. The molecule has 16 heavy (non-hydrogen) atoms. The van der Waals surface area contributed by atoms with Gasteiger partial charge in [0.15, 0.2) is 0 Å². The summed E-state index contributed by atoms with van der Waals surface area (Å²) in [5.74, 6) is 0. The molecule has 0 saturated heterocycles. The smallest absolute Gasteiger partial charge is 0.0704 e. The SMILES string of the molecule is C/C=C/CCNC1CCCc2sc(Br)cc21. The molecule has 0 bridgehead atoms. The molecule has 2 rings (SSSR count). The van der Waals surface area contributed by atoms with Crippen LogP contribution in [0.3, 0.4) is 0 Å². The van der Waals surface area contributed by atoms with Crippen molar-refractivity contribution >= 4 is 27.3 Å². The van der Waals surface area contributed by atoms with E-state index in [1.54, 1.807) is 4.88 Å². The van der Waals surface area contributed by atoms with E-state index >= 15 is 0 Å². The van der Waals surface area contributed by atoms with Crippen molar-refractivity contribution in [3.05, 3.63) is 32.4 Å². The Balaban J connectivity index is 1.96. The van der Waals surface area contributed by atoms with Crippen LogP contribution in [0.4, 0.5) is 0 Å². The third kappa shape index (κ3) is 2.96. The summed E-state index contributed by atoms with van der Waals surface area (Å²) in [7, 11) is 0. The van der Waals surface area contributed by atoms with E-state index in [0.717, 1.165) is 13.0 Å². The minimum absolute atomic E-state index is 0.580. The molecule has 1 aliphatic carbocycles. The molecule has 1 N–H and O–H groups in total. The number of thiophene rings is 1. The second kappa shape index (κ2) is 5.99. The maximum atomic E-state index is 3.66. The van der Waals surface area contributed by atoms with Gasteiger partial charge in [-0.15, -0.1) is 11.3 Å². The van der Waals surface area contributed by atoms with Gasteiger partial charge < -0.3 is 5.32 Å². The van der Waals surface area contributed by atoms with Gasteiger partial charge in [0.25, 0.3) is 0 Å². The molecule has 1 heterocycles. The average molecular weight is 300 g/mol. The van der Waals surface area contributed by atoms with E-state index in [1.807, 2.05) is 11.3 Å². The summed E-state index contributed by atoms with van der Waals surface area (Å²) in [6, 6.07) is 2.88. The van der Waals surface area contributed by atoms with E-state index in [4.69, 9.17) is 0 Å². The van der Waals surface area contributed by atoms with Gasteiger partial charge in [-0.3, -0.25) is 0 Å². The molecule has 0 radical (unpaired) electrons. The quantitative estimate of drug-likeness (QED) is 0.640. The lowest BCUT2D eigenvalue weighted by Gasteiger charge is -2.23. The summed E-state index contributed by atoms with van der Waals surface area (Å²) in [5, 5.41) is 3.66. The van der Waals surface area contributed by atoms with Crippen molar-refractivity contribution in [1.29, 1.82) is 0 Å². The maximum absolute atomic E-state index is 3.66. The molecular weight excluding hydrogens is 282 g/mol. The Hall–Kier alpha value is -0.120. The van der Waals surface area contributed by atoms with Gasteiger partial charge in [-0.1, -0.05) is 12.2 Å². The standard InChI is InChI=1S/C13H18BrNS/c1-2-3-4-8-15-11-6-5-7-12-10(11)9-13(14)16-12/h2-3,9,11,15H,4-8H2,1H3/b3-2+.